The average molecular weight is 453 g/mol. The lowest BCUT2D eigenvalue weighted by atomic mass is 10.1. The van der Waals surface area contributed by atoms with E-state index in [9.17, 15) is 13.2 Å². The van der Waals surface area contributed by atoms with Gasteiger partial charge in [0.15, 0.2) is 0 Å². The van der Waals surface area contributed by atoms with E-state index in [1.54, 1.807) is 31.4 Å². The number of nitrogens with zero attached hydrogens (tertiary/aromatic N) is 1. The molecule has 0 spiro atoms. The Balaban J connectivity index is 1.79. The van der Waals surface area contributed by atoms with Gasteiger partial charge in [-0.1, -0.05) is 42.5 Å². The van der Waals surface area contributed by atoms with Crippen LogP contribution in [0.4, 0.5) is 5.69 Å². The highest BCUT2D eigenvalue weighted by molar-refractivity contribution is 7.92. The molecule has 0 aliphatic rings. The minimum Gasteiger partial charge on any atom is -0.496 e. The van der Waals surface area contributed by atoms with Gasteiger partial charge in [-0.25, -0.2) is 8.42 Å². The summed E-state index contributed by atoms with van der Waals surface area (Å²) in [6.07, 6.45) is 1.18. The van der Waals surface area contributed by atoms with Crippen LogP contribution in [0.3, 0.4) is 0 Å². The van der Waals surface area contributed by atoms with Crippen molar-refractivity contribution in [3.05, 3.63) is 95.1 Å². The molecule has 0 radical (unpaired) electrons. The Morgan fingerprint density at radius 1 is 1.00 bits per heavy atom. The summed E-state index contributed by atoms with van der Waals surface area (Å²) >= 11 is 0. The van der Waals surface area contributed by atoms with Crippen molar-refractivity contribution in [2.75, 3.05) is 17.7 Å². The summed E-state index contributed by atoms with van der Waals surface area (Å²) in [6, 6.07) is 21.5. The summed E-state index contributed by atoms with van der Waals surface area (Å²) < 4.78 is 31.6. The van der Waals surface area contributed by atoms with Crippen molar-refractivity contribution in [2.45, 2.75) is 26.4 Å². The third-order valence-electron chi connectivity index (χ3n) is 5.35. The molecule has 0 saturated heterocycles. The minimum atomic E-state index is -3.51. The molecule has 0 aliphatic heterocycles. The van der Waals surface area contributed by atoms with Gasteiger partial charge in [-0.2, -0.15) is 0 Å². The number of amides is 1. The van der Waals surface area contributed by atoms with Gasteiger partial charge in [-0.05, 0) is 55.3 Å². The molecule has 1 amide bonds. The van der Waals surface area contributed by atoms with Crippen molar-refractivity contribution in [2.24, 2.45) is 0 Å². The lowest BCUT2D eigenvalue weighted by Crippen LogP contribution is -2.30. The standard InChI is InChI=1S/C25H28N2O4S/c1-18-9-5-6-10-21(18)17-27(32(4,29)30)22-15-13-20(14-16-22)25(28)26-19(2)23-11-7-8-12-24(23)31-3/h5-16,19H,17H2,1-4H3,(H,26,28)/t19-/m0/s1. The maximum absolute atomic E-state index is 12.8. The molecule has 0 fully saturated rings. The van der Waals surface area contributed by atoms with Gasteiger partial charge in [0.1, 0.15) is 5.75 Å². The van der Waals surface area contributed by atoms with Crippen molar-refractivity contribution >= 4 is 21.6 Å². The number of para-hydroxylation sites is 1. The highest BCUT2D eigenvalue weighted by atomic mass is 32.2. The maximum atomic E-state index is 12.8. The first kappa shape index (κ1) is 23.3. The molecular weight excluding hydrogens is 424 g/mol. The third-order valence-corrected chi connectivity index (χ3v) is 6.49. The molecule has 0 saturated carbocycles. The Bertz CT molecular complexity index is 1190. The molecule has 3 rings (SSSR count). The van der Waals surface area contributed by atoms with E-state index in [2.05, 4.69) is 5.32 Å². The SMILES string of the molecule is COc1ccccc1[C@H](C)NC(=O)c1ccc(N(Cc2ccccc2C)S(C)(=O)=O)cc1. The molecule has 0 aromatic heterocycles. The van der Waals surface area contributed by atoms with Gasteiger partial charge in [-0.15, -0.1) is 0 Å². The Kier molecular flexibility index (Phi) is 7.20. The molecule has 3 aromatic carbocycles. The predicted molar refractivity (Wildman–Crippen MR) is 128 cm³/mol. The van der Waals surface area contributed by atoms with Crippen LogP contribution in [-0.4, -0.2) is 27.7 Å². The van der Waals surface area contributed by atoms with Crippen LogP contribution in [0, 0.1) is 6.92 Å². The van der Waals surface area contributed by atoms with E-state index in [0.717, 1.165) is 16.7 Å². The van der Waals surface area contributed by atoms with Crippen LogP contribution in [0.15, 0.2) is 72.8 Å². The number of hydrogen-bond donors (Lipinski definition) is 1. The number of hydrogen-bond acceptors (Lipinski definition) is 4. The van der Waals surface area contributed by atoms with Crippen molar-refractivity contribution in [3.63, 3.8) is 0 Å². The normalized spacial score (nSPS) is 12.1. The zero-order valence-corrected chi connectivity index (χ0v) is 19.5. The lowest BCUT2D eigenvalue weighted by molar-refractivity contribution is 0.0939. The predicted octanol–water partition coefficient (Wildman–Crippen LogP) is 4.46. The van der Waals surface area contributed by atoms with Crippen LogP contribution < -0.4 is 14.4 Å². The zero-order valence-electron chi connectivity index (χ0n) is 18.7. The molecule has 7 heteroatoms. The maximum Gasteiger partial charge on any atom is 0.251 e. The molecule has 168 valence electrons. The summed E-state index contributed by atoms with van der Waals surface area (Å²) in [4.78, 5) is 12.8. The zero-order chi connectivity index (χ0) is 23.3. The van der Waals surface area contributed by atoms with Crippen molar-refractivity contribution in [1.29, 1.82) is 0 Å². The fourth-order valence-corrected chi connectivity index (χ4v) is 4.38. The summed E-state index contributed by atoms with van der Waals surface area (Å²) in [5, 5.41) is 2.96. The number of anilines is 1. The Morgan fingerprint density at radius 2 is 1.62 bits per heavy atom. The van der Waals surface area contributed by atoms with E-state index in [4.69, 9.17) is 4.74 Å². The first-order valence-electron chi connectivity index (χ1n) is 10.3. The van der Waals surface area contributed by atoms with Gasteiger partial charge in [0.25, 0.3) is 5.91 Å². The Labute approximate surface area is 189 Å². The highest BCUT2D eigenvalue weighted by Crippen LogP contribution is 2.26. The Morgan fingerprint density at radius 3 is 2.25 bits per heavy atom. The number of rotatable bonds is 8. The van der Waals surface area contributed by atoms with Crippen LogP contribution in [-0.2, 0) is 16.6 Å². The molecule has 0 unspecified atom stereocenters. The van der Waals surface area contributed by atoms with Gasteiger partial charge in [0.2, 0.25) is 10.0 Å². The van der Waals surface area contributed by atoms with Crippen LogP contribution in [0.25, 0.3) is 0 Å². The first-order chi connectivity index (χ1) is 15.2. The second-order valence-electron chi connectivity index (χ2n) is 7.68. The number of methoxy groups -OCH3 is 1. The fraction of sp³-hybridized carbons (Fsp3) is 0.240. The smallest absolute Gasteiger partial charge is 0.251 e. The molecule has 3 aromatic rings. The number of carbonyl (C=O) groups excluding carboxylic acids is 1. The topological polar surface area (TPSA) is 75.7 Å². The van der Waals surface area contributed by atoms with E-state index in [-0.39, 0.29) is 18.5 Å². The molecule has 32 heavy (non-hydrogen) atoms. The largest absolute Gasteiger partial charge is 0.496 e. The molecule has 0 bridgehead atoms. The van der Waals surface area contributed by atoms with E-state index >= 15 is 0 Å². The number of aryl methyl sites for hydroxylation is 1. The van der Waals surface area contributed by atoms with Crippen LogP contribution >= 0.6 is 0 Å². The quantitative estimate of drug-likeness (QED) is 0.548. The van der Waals surface area contributed by atoms with E-state index < -0.39 is 10.0 Å². The number of nitrogens with one attached hydrogen (secondary N) is 1. The van der Waals surface area contributed by atoms with Crippen LogP contribution in [0.5, 0.6) is 5.75 Å². The summed E-state index contributed by atoms with van der Waals surface area (Å²) in [6.45, 7) is 4.06. The van der Waals surface area contributed by atoms with Gasteiger partial charge in [-0.3, -0.25) is 9.10 Å². The Hall–Kier alpha value is -3.32. The second kappa shape index (κ2) is 9.87. The van der Waals surface area contributed by atoms with Crippen LogP contribution in [0.1, 0.15) is 40.0 Å². The van der Waals surface area contributed by atoms with Crippen molar-refractivity contribution in [1.82, 2.24) is 5.32 Å². The monoisotopic (exact) mass is 452 g/mol. The van der Waals surface area contributed by atoms with Gasteiger partial charge in [0.05, 0.1) is 31.6 Å². The van der Waals surface area contributed by atoms with Crippen molar-refractivity contribution < 1.29 is 17.9 Å². The third kappa shape index (κ3) is 5.48. The first-order valence-corrected chi connectivity index (χ1v) is 12.1. The molecular formula is C25H28N2O4S. The van der Waals surface area contributed by atoms with Gasteiger partial charge < -0.3 is 10.1 Å². The van der Waals surface area contributed by atoms with E-state index in [1.807, 2.05) is 62.4 Å². The number of sulfonamides is 1. The number of carbonyl (C=O) groups is 1. The summed E-state index contributed by atoms with van der Waals surface area (Å²) in [5.41, 5.74) is 3.76. The summed E-state index contributed by atoms with van der Waals surface area (Å²) in [5.74, 6) is 0.454. The molecule has 0 heterocycles. The van der Waals surface area contributed by atoms with Crippen LogP contribution in [0.2, 0.25) is 0 Å². The highest BCUT2D eigenvalue weighted by Gasteiger charge is 2.20. The fourth-order valence-electron chi connectivity index (χ4n) is 3.50. The van der Waals surface area contributed by atoms with Gasteiger partial charge >= 0.3 is 0 Å². The molecule has 0 aliphatic carbocycles. The van der Waals surface area contributed by atoms with Crippen molar-refractivity contribution in [3.8, 4) is 5.75 Å². The van der Waals surface area contributed by atoms with Gasteiger partial charge in [0, 0.05) is 11.1 Å². The molecule has 1 atom stereocenters. The lowest BCUT2D eigenvalue weighted by Gasteiger charge is -2.23. The number of benzene rings is 3. The molecule has 1 N–H and O–H groups in total. The second-order valence-corrected chi connectivity index (χ2v) is 9.59. The molecule has 6 nitrogen and oxygen atoms in total. The number of ether oxygens (including phenoxy) is 1. The summed E-state index contributed by atoms with van der Waals surface area (Å²) in [7, 11) is -1.92. The minimum absolute atomic E-state index is 0.224. The van der Waals surface area contributed by atoms with E-state index in [1.165, 1.54) is 10.6 Å². The van der Waals surface area contributed by atoms with E-state index in [0.29, 0.717) is 17.0 Å². The average Bonchev–Trinajstić information content (AvgIpc) is 2.77.